The molecule has 3 atom stereocenters. The number of carbonyl (C=O) groups is 2. The second-order valence-corrected chi connectivity index (χ2v) is 6.14. The largest absolute Gasteiger partial charge is 0.481 e. The van der Waals surface area contributed by atoms with Crippen molar-refractivity contribution >= 4 is 12.0 Å². The highest BCUT2D eigenvalue weighted by atomic mass is 16.5. The van der Waals surface area contributed by atoms with Gasteiger partial charge in [-0.25, -0.2) is 4.79 Å². The van der Waals surface area contributed by atoms with Gasteiger partial charge in [0.15, 0.2) is 0 Å². The van der Waals surface area contributed by atoms with Crippen LogP contribution in [0.1, 0.15) is 46.5 Å². The fourth-order valence-electron chi connectivity index (χ4n) is 2.59. The van der Waals surface area contributed by atoms with Gasteiger partial charge in [-0.05, 0) is 26.2 Å². The van der Waals surface area contributed by atoms with Crippen molar-refractivity contribution in [2.45, 2.75) is 64.6 Å². The molecule has 0 heterocycles. The molecule has 0 aromatic rings. The lowest BCUT2D eigenvalue weighted by atomic mass is 9.64. The molecule has 116 valence electrons. The zero-order chi connectivity index (χ0) is 15.3. The summed E-state index contributed by atoms with van der Waals surface area (Å²) >= 11 is 0. The van der Waals surface area contributed by atoms with E-state index >= 15 is 0 Å². The summed E-state index contributed by atoms with van der Waals surface area (Å²) in [5, 5.41) is 14.4. The van der Waals surface area contributed by atoms with Gasteiger partial charge in [0.1, 0.15) is 0 Å². The Morgan fingerprint density at radius 2 is 2.10 bits per heavy atom. The van der Waals surface area contributed by atoms with E-state index in [0.29, 0.717) is 12.8 Å². The van der Waals surface area contributed by atoms with E-state index in [1.54, 1.807) is 7.11 Å². The standard InChI is InChI=1S/C14H26N2O4/c1-9(6-5-7-12(17)18)15-13(19)16-10-8-11(20-4)14(10,2)3/h9-11H,5-8H2,1-4H3,(H,17,18)(H2,15,16,19). The molecule has 3 unspecified atom stereocenters. The van der Waals surface area contributed by atoms with Crippen LogP contribution in [0.2, 0.25) is 0 Å². The maximum Gasteiger partial charge on any atom is 0.315 e. The summed E-state index contributed by atoms with van der Waals surface area (Å²) in [5.41, 5.74) is -0.0569. The number of nitrogens with one attached hydrogen (secondary N) is 2. The van der Waals surface area contributed by atoms with Gasteiger partial charge in [-0.1, -0.05) is 13.8 Å². The Labute approximate surface area is 120 Å². The molecule has 1 fully saturated rings. The number of carboxylic acids is 1. The first-order valence-electron chi connectivity index (χ1n) is 7.09. The molecule has 0 aliphatic heterocycles. The van der Waals surface area contributed by atoms with Crippen molar-refractivity contribution in [1.82, 2.24) is 10.6 Å². The molecule has 1 rings (SSSR count). The number of hydrogen-bond donors (Lipinski definition) is 3. The van der Waals surface area contributed by atoms with E-state index in [2.05, 4.69) is 24.5 Å². The van der Waals surface area contributed by atoms with Gasteiger partial charge in [-0.15, -0.1) is 0 Å². The topological polar surface area (TPSA) is 87.7 Å². The van der Waals surface area contributed by atoms with Crippen molar-refractivity contribution in [1.29, 1.82) is 0 Å². The summed E-state index contributed by atoms with van der Waals surface area (Å²) in [6, 6.07) is -0.116. The van der Waals surface area contributed by atoms with Gasteiger partial charge in [0, 0.05) is 31.0 Å². The lowest BCUT2D eigenvalue weighted by molar-refractivity contribution is -0.137. The monoisotopic (exact) mass is 286 g/mol. The van der Waals surface area contributed by atoms with Gasteiger partial charge >= 0.3 is 12.0 Å². The highest BCUT2D eigenvalue weighted by Crippen LogP contribution is 2.42. The average Bonchev–Trinajstić information content (AvgIpc) is 2.33. The van der Waals surface area contributed by atoms with Crippen LogP contribution in [0.5, 0.6) is 0 Å². The summed E-state index contributed by atoms with van der Waals surface area (Å²) in [5.74, 6) is -0.802. The molecule has 2 amide bonds. The first-order valence-corrected chi connectivity index (χ1v) is 7.09. The SMILES string of the molecule is COC1CC(NC(=O)NC(C)CCCC(=O)O)C1(C)C. The predicted octanol–water partition coefficient (Wildman–Crippen LogP) is 1.74. The van der Waals surface area contributed by atoms with Crippen LogP contribution in [0.3, 0.4) is 0 Å². The van der Waals surface area contributed by atoms with E-state index < -0.39 is 5.97 Å². The van der Waals surface area contributed by atoms with Crippen molar-refractivity contribution in [3.8, 4) is 0 Å². The second kappa shape index (κ2) is 6.92. The molecule has 1 aliphatic carbocycles. The van der Waals surface area contributed by atoms with Crippen molar-refractivity contribution in [3.63, 3.8) is 0 Å². The molecule has 6 heteroatoms. The van der Waals surface area contributed by atoms with Gasteiger partial charge in [-0.2, -0.15) is 0 Å². The number of carboxylic acid groups (broad SMARTS) is 1. The van der Waals surface area contributed by atoms with Crippen LogP contribution in [0.4, 0.5) is 4.79 Å². The number of ether oxygens (including phenoxy) is 1. The lowest BCUT2D eigenvalue weighted by Crippen LogP contribution is -2.63. The summed E-state index contributed by atoms with van der Waals surface area (Å²) < 4.78 is 5.34. The Morgan fingerprint density at radius 1 is 1.45 bits per heavy atom. The molecule has 3 N–H and O–H groups in total. The number of amides is 2. The summed E-state index contributed by atoms with van der Waals surface area (Å²) in [4.78, 5) is 22.3. The smallest absolute Gasteiger partial charge is 0.315 e. The number of aliphatic carboxylic acids is 1. The van der Waals surface area contributed by atoms with Crippen molar-refractivity contribution < 1.29 is 19.4 Å². The van der Waals surface area contributed by atoms with E-state index in [1.165, 1.54) is 0 Å². The van der Waals surface area contributed by atoms with Gasteiger partial charge in [0.05, 0.1) is 6.10 Å². The van der Waals surface area contributed by atoms with E-state index in [0.717, 1.165) is 6.42 Å². The first kappa shape index (κ1) is 16.8. The lowest BCUT2D eigenvalue weighted by Gasteiger charge is -2.51. The third-order valence-electron chi connectivity index (χ3n) is 4.17. The molecule has 0 bridgehead atoms. The molecule has 0 saturated heterocycles. The number of hydrogen-bond acceptors (Lipinski definition) is 3. The highest BCUT2D eigenvalue weighted by molar-refractivity contribution is 5.74. The van der Waals surface area contributed by atoms with E-state index in [-0.39, 0.29) is 36.1 Å². The Kier molecular flexibility index (Phi) is 5.80. The molecule has 0 spiro atoms. The van der Waals surface area contributed by atoms with E-state index in [1.807, 2.05) is 6.92 Å². The Balaban J connectivity index is 2.25. The van der Waals surface area contributed by atoms with Gasteiger partial charge in [0.25, 0.3) is 0 Å². The summed E-state index contributed by atoms with van der Waals surface area (Å²) in [6.45, 7) is 6.03. The van der Waals surface area contributed by atoms with Crippen LogP contribution in [-0.4, -0.2) is 42.4 Å². The Morgan fingerprint density at radius 3 is 2.60 bits per heavy atom. The molecule has 0 radical (unpaired) electrons. The minimum Gasteiger partial charge on any atom is -0.481 e. The highest BCUT2D eigenvalue weighted by Gasteiger charge is 2.49. The fraction of sp³-hybridized carbons (Fsp3) is 0.857. The van der Waals surface area contributed by atoms with Crippen LogP contribution in [-0.2, 0) is 9.53 Å². The average molecular weight is 286 g/mol. The molecule has 20 heavy (non-hydrogen) atoms. The van der Waals surface area contributed by atoms with E-state index in [9.17, 15) is 9.59 Å². The fourth-order valence-corrected chi connectivity index (χ4v) is 2.59. The first-order chi connectivity index (χ1) is 9.27. The van der Waals surface area contributed by atoms with Crippen LogP contribution in [0, 0.1) is 5.41 Å². The van der Waals surface area contributed by atoms with Crippen molar-refractivity contribution in [3.05, 3.63) is 0 Å². The predicted molar refractivity (Wildman–Crippen MR) is 75.6 cm³/mol. The van der Waals surface area contributed by atoms with Crippen molar-refractivity contribution in [2.24, 2.45) is 5.41 Å². The Bertz CT molecular complexity index is 357. The van der Waals surface area contributed by atoms with E-state index in [4.69, 9.17) is 9.84 Å². The maximum atomic E-state index is 11.9. The number of methoxy groups -OCH3 is 1. The molecular formula is C14H26N2O4. The van der Waals surface area contributed by atoms with Gasteiger partial charge < -0.3 is 20.5 Å². The van der Waals surface area contributed by atoms with Crippen LogP contribution >= 0.6 is 0 Å². The molecule has 1 saturated carbocycles. The van der Waals surface area contributed by atoms with Crippen LogP contribution in [0.15, 0.2) is 0 Å². The Hall–Kier alpha value is -1.30. The normalized spacial score (nSPS) is 25.4. The summed E-state index contributed by atoms with van der Waals surface area (Å²) in [7, 11) is 1.69. The van der Waals surface area contributed by atoms with Crippen LogP contribution < -0.4 is 10.6 Å². The molecular weight excluding hydrogens is 260 g/mol. The maximum absolute atomic E-state index is 11.9. The zero-order valence-corrected chi connectivity index (χ0v) is 12.7. The minimum absolute atomic E-state index is 0.0317. The van der Waals surface area contributed by atoms with Crippen molar-refractivity contribution in [2.75, 3.05) is 7.11 Å². The minimum atomic E-state index is -0.802. The number of carbonyl (C=O) groups excluding carboxylic acids is 1. The molecule has 6 nitrogen and oxygen atoms in total. The molecule has 1 aliphatic rings. The van der Waals surface area contributed by atoms with Gasteiger partial charge in [-0.3, -0.25) is 4.79 Å². The number of urea groups is 1. The zero-order valence-electron chi connectivity index (χ0n) is 12.7. The third-order valence-corrected chi connectivity index (χ3v) is 4.17. The number of rotatable bonds is 7. The second-order valence-electron chi connectivity index (χ2n) is 6.14. The quantitative estimate of drug-likeness (QED) is 0.665. The molecule has 0 aromatic heterocycles. The van der Waals surface area contributed by atoms with Gasteiger partial charge in [0.2, 0.25) is 0 Å². The van der Waals surface area contributed by atoms with Crippen LogP contribution in [0.25, 0.3) is 0 Å². The third kappa shape index (κ3) is 4.37. The molecule has 0 aromatic carbocycles. The summed E-state index contributed by atoms with van der Waals surface area (Å²) in [6.07, 6.45) is 2.37.